The first-order valence-corrected chi connectivity index (χ1v) is 6.35. The Morgan fingerprint density at radius 2 is 2.00 bits per heavy atom. The molecule has 4 heteroatoms. The Morgan fingerprint density at radius 3 is 2.74 bits per heavy atom. The molecule has 19 heavy (non-hydrogen) atoms. The molecule has 1 atom stereocenters. The summed E-state index contributed by atoms with van der Waals surface area (Å²) in [5.41, 5.74) is 7.66. The molecule has 0 saturated carbocycles. The molecule has 0 aliphatic carbocycles. The molecule has 2 aromatic rings. The monoisotopic (exact) mass is 252 g/mol. The highest BCUT2D eigenvalue weighted by Crippen LogP contribution is 2.25. The Morgan fingerprint density at radius 1 is 1.26 bits per heavy atom. The molecule has 0 radical (unpaired) electrons. The lowest BCUT2D eigenvalue weighted by Gasteiger charge is -2.10. The third-order valence-corrected chi connectivity index (χ3v) is 3.49. The van der Waals surface area contributed by atoms with Gasteiger partial charge in [-0.3, -0.25) is 5.41 Å². The van der Waals surface area contributed by atoms with Gasteiger partial charge in [0.15, 0.2) is 0 Å². The van der Waals surface area contributed by atoms with Crippen LogP contribution in [0, 0.1) is 11.3 Å². The third-order valence-electron chi connectivity index (χ3n) is 3.49. The number of nitrogens with one attached hydrogen (secondary N) is 1. The zero-order valence-electron chi connectivity index (χ0n) is 10.8. The van der Waals surface area contributed by atoms with Crippen LogP contribution in [-0.4, -0.2) is 23.2 Å². The maximum Gasteiger partial charge on any atom is 0.209 e. The SMILES string of the molecule is CC1CN(C(=N)N)N=C1c1cccc2ccccc12. The van der Waals surface area contributed by atoms with Gasteiger partial charge in [-0.1, -0.05) is 49.4 Å². The number of hydrogen-bond acceptors (Lipinski definition) is 2. The standard InChI is InChI=1S/C15H16N4/c1-10-9-19(15(16)17)18-14(10)13-8-4-6-11-5-2-3-7-12(11)13/h2-8,10H,9H2,1H3,(H3,16,17). The van der Waals surface area contributed by atoms with Crippen molar-refractivity contribution >= 4 is 22.4 Å². The maximum atomic E-state index is 7.49. The second kappa shape index (κ2) is 4.39. The van der Waals surface area contributed by atoms with Gasteiger partial charge in [0.05, 0.1) is 12.3 Å². The van der Waals surface area contributed by atoms with Gasteiger partial charge < -0.3 is 5.73 Å². The van der Waals surface area contributed by atoms with Crippen LogP contribution in [0.5, 0.6) is 0 Å². The zero-order valence-corrected chi connectivity index (χ0v) is 10.8. The summed E-state index contributed by atoms with van der Waals surface area (Å²) in [6, 6.07) is 14.5. The predicted octanol–water partition coefficient (Wildman–Crippen LogP) is 2.39. The smallest absolute Gasteiger partial charge is 0.209 e. The number of fused-ring (bicyclic) bond motifs is 1. The first-order chi connectivity index (χ1) is 9.16. The van der Waals surface area contributed by atoms with E-state index < -0.39 is 0 Å². The van der Waals surface area contributed by atoms with Gasteiger partial charge in [-0.2, -0.15) is 5.10 Å². The molecule has 0 bridgehead atoms. The third kappa shape index (κ3) is 1.95. The molecule has 1 unspecified atom stereocenters. The molecule has 0 aromatic heterocycles. The van der Waals surface area contributed by atoms with Gasteiger partial charge in [0.1, 0.15) is 0 Å². The second-order valence-corrected chi connectivity index (χ2v) is 4.88. The average molecular weight is 252 g/mol. The van der Waals surface area contributed by atoms with E-state index in [-0.39, 0.29) is 11.9 Å². The van der Waals surface area contributed by atoms with Crippen molar-refractivity contribution in [3.8, 4) is 0 Å². The van der Waals surface area contributed by atoms with Crippen LogP contribution in [-0.2, 0) is 0 Å². The maximum absolute atomic E-state index is 7.49. The van der Waals surface area contributed by atoms with Crippen LogP contribution in [0.4, 0.5) is 0 Å². The fraction of sp³-hybridized carbons (Fsp3) is 0.200. The van der Waals surface area contributed by atoms with Crippen LogP contribution < -0.4 is 5.73 Å². The molecule has 3 N–H and O–H groups in total. The van der Waals surface area contributed by atoms with Crippen molar-refractivity contribution in [2.75, 3.05) is 6.54 Å². The summed E-state index contributed by atoms with van der Waals surface area (Å²) in [5, 5.41) is 15.9. The summed E-state index contributed by atoms with van der Waals surface area (Å²) in [7, 11) is 0. The van der Waals surface area contributed by atoms with Crippen molar-refractivity contribution in [1.82, 2.24) is 5.01 Å². The number of hydrogen-bond donors (Lipinski definition) is 2. The molecule has 4 nitrogen and oxygen atoms in total. The fourth-order valence-electron chi connectivity index (χ4n) is 2.54. The molecule has 2 aromatic carbocycles. The highest BCUT2D eigenvalue weighted by atomic mass is 15.5. The lowest BCUT2D eigenvalue weighted by Crippen LogP contribution is -2.31. The van der Waals surface area contributed by atoms with E-state index in [0.29, 0.717) is 6.54 Å². The Labute approximate surface area is 112 Å². The van der Waals surface area contributed by atoms with Gasteiger partial charge in [0.2, 0.25) is 5.96 Å². The predicted molar refractivity (Wildman–Crippen MR) is 78.3 cm³/mol. The van der Waals surface area contributed by atoms with Crippen molar-refractivity contribution in [1.29, 1.82) is 5.41 Å². The quantitative estimate of drug-likeness (QED) is 0.604. The first kappa shape index (κ1) is 11.7. The van der Waals surface area contributed by atoms with Crippen molar-refractivity contribution in [3.63, 3.8) is 0 Å². The van der Waals surface area contributed by atoms with E-state index in [1.807, 2.05) is 18.2 Å². The number of nitrogens with two attached hydrogens (primary N) is 1. The van der Waals surface area contributed by atoms with Crippen LogP contribution >= 0.6 is 0 Å². The van der Waals surface area contributed by atoms with Gasteiger partial charge in [-0.25, -0.2) is 5.01 Å². The Balaban J connectivity index is 2.14. The minimum absolute atomic E-state index is 0.00193. The summed E-state index contributed by atoms with van der Waals surface area (Å²) in [6.45, 7) is 2.79. The van der Waals surface area contributed by atoms with Crippen molar-refractivity contribution in [2.24, 2.45) is 16.8 Å². The van der Waals surface area contributed by atoms with Crippen LogP contribution in [0.15, 0.2) is 47.6 Å². The largest absolute Gasteiger partial charge is 0.369 e. The van der Waals surface area contributed by atoms with Crippen LogP contribution in [0.2, 0.25) is 0 Å². The minimum atomic E-state index is 0.00193. The molecule has 96 valence electrons. The van der Waals surface area contributed by atoms with Gasteiger partial charge in [0, 0.05) is 11.5 Å². The van der Waals surface area contributed by atoms with Crippen LogP contribution in [0.1, 0.15) is 12.5 Å². The number of hydrazone groups is 1. The highest BCUT2D eigenvalue weighted by Gasteiger charge is 2.26. The molecular formula is C15H16N4. The van der Waals surface area contributed by atoms with E-state index in [1.54, 1.807) is 5.01 Å². The molecule has 0 fully saturated rings. The van der Waals surface area contributed by atoms with E-state index in [4.69, 9.17) is 11.1 Å². The Bertz CT molecular complexity index is 669. The fourth-order valence-corrected chi connectivity index (χ4v) is 2.54. The zero-order chi connectivity index (χ0) is 13.4. The van der Waals surface area contributed by atoms with Gasteiger partial charge in [-0.05, 0) is 10.8 Å². The number of guanidine groups is 1. The lowest BCUT2D eigenvalue weighted by molar-refractivity contribution is 0.448. The second-order valence-electron chi connectivity index (χ2n) is 4.88. The van der Waals surface area contributed by atoms with E-state index >= 15 is 0 Å². The summed E-state index contributed by atoms with van der Waals surface area (Å²) < 4.78 is 0. The van der Waals surface area contributed by atoms with Crippen molar-refractivity contribution in [3.05, 3.63) is 48.0 Å². The average Bonchev–Trinajstić information content (AvgIpc) is 2.80. The lowest BCUT2D eigenvalue weighted by atomic mass is 9.94. The molecule has 3 rings (SSSR count). The minimum Gasteiger partial charge on any atom is -0.369 e. The van der Waals surface area contributed by atoms with E-state index in [2.05, 4.69) is 36.3 Å². The van der Waals surface area contributed by atoms with Gasteiger partial charge in [0.25, 0.3) is 0 Å². The van der Waals surface area contributed by atoms with Crippen molar-refractivity contribution < 1.29 is 0 Å². The summed E-state index contributed by atoms with van der Waals surface area (Å²) in [5.74, 6) is 0.275. The van der Waals surface area contributed by atoms with Crippen LogP contribution in [0.3, 0.4) is 0 Å². The van der Waals surface area contributed by atoms with E-state index in [0.717, 1.165) is 11.3 Å². The van der Waals surface area contributed by atoms with E-state index in [1.165, 1.54) is 10.8 Å². The number of nitrogens with zero attached hydrogens (tertiary/aromatic N) is 2. The normalized spacial score (nSPS) is 18.7. The summed E-state index contributed by atoms with van der Waals surface area (Å²) >= 11 is 0. The summed E-state index contributed by atoms with van der Waals surface area (Å²) in [6.07, 6.45) is 0. The molecule has 1 heterocycles. The van der Waals surface area contributed by atoms with Gasteiger partial charge >= 0.3 is 0 Å². The Hall–Kier alpha value is -2.36. The number of rotatable bonds is 1. The number of benzene rings is 2. The molecule has 1 aliphatic rings. The molecular weight excluding hydrogens is 236 g/mol. The highest BCUT2D eigenvalue weighted by molar-refractivity contribution is 6.12. The van der Waals surface area contributed by atoms with Crippen LogP contribution in [0.25, 0.3) is 10.8 Å². The molecule has 0 saturated heterocycles. The first-order valence-electron chi connectivity index (χ1n) is 6.35. The van der Waals surface area contributed by atoms with Crippen molar-refractivity contribution in [2.45, 2.75) is 6.92 Å². The topological polar surface area (TPSA) is 65.5 Å². The van der Waals surface area contributed by atoms with E-state index in [9.17, 15) is 0 Å². The molecule has 0 spiro atoms. The van der Waals surface area contributed by atoms with Gasteiger partial charge in [-0.15, -0.1) is 0 Å². The Kier molecular flexibility index (Phi) is 2.71. The molecule has 1 aliphatic heterocycles. The molecule has 0 amide bonds. The summed E-state index contributed by atoms with van der Waals surface area (Å²) in [4.78, 5) is 0.